The first-order valence-corrected chi connectivity index (χ1v) is 11.6. The zero-order valence-electron chi connectivity index (χ0n) is 18.9. The van der Waals surface area contributed by atoms with Gasteiger partial charge in [0, 0.05) is 11.6 Å². The molecule has 0 unspecified atom stereocenters. The van der Waals surface area contributed by atoms with Crippen molar-refractivity contribution in [1.82, 2.24) is 5.43 Å². The van der Waals surface area contributed by atoms with Crippen LogP contribution in [0.2, 0.25) is 0 Å². The summed E-state index contributed by atoms with van der Waals surface area (Å²) >= 11 is 0. The second-order valence-corrected chi connectivity index (χ2v) is 8.97. The van der Waals surface area contributed by atoms with E-state index in [-0.39, 0.29) is 22.1 Å². The molecule has 1 amide bonds. The van der Waals surface area contributed by atoms with Crippen molar-refractivity contribution in [3.8, 4) is 17.2 Å². The Morgan fingerprint density at radius 3 is 2.32 bits per heavy atom. The molecule has 10 heteroatoms. The first-order valence-electron chi connectivity index (χ1n) is 10.2. The summed E-state index contributed by atoms with van der Waals surface area (Å²) in [4.78, 5) is 12.8. The maximum absolute atomic E-state index is 13.5. The molecule has 0 aliphatic heterocycles. The number of methoxy groups -OCH3 is 2. The smallest absolute Gasteiger partial charge is 0.264 e. The molecule has 3 aromatic carbocycles. The Balaban J connectivity index is 1.98. The molecular weight excluding hydrogens is 458 g/mol. The van der Waals surface area contributed by atoms with Crippen LogP contribution in [0, 0.1) is 0 Å². The van der Waals surface area contributed by atoms with E-state index in [4.69, 9.17) is 9.47 Å². The minimum absolute atomic E-state index is 0.00145. The Bertz CT molecular complexity index is 1290. The largest absolute Gasteiger partial charge is 0.507 e. The summed E-state index contributed by atoms with van der Waals surface area (Å²) in [5, 5.41) is 14.0. The highest BCUT2D eigenvalue weighted by Crippen LogP contribution is 2.35. The molecule has 0 radical (unpaired) electrons. The highest BCUT2D eigenvalue weighted by Gasteiger charge is 2.30. The molecule has 0 saturated heterocycles. The van der Waals surface area contributed by atoms with Crippen LogP contribution in [0.5, 0.6) is 17.2 Å². The van der Waals surface area contributed by atoms with Crippen molar-refractivity contribution in [3.63, 3.8) is 0 Å². The number of carbonyl (C=O) groups excluding carboxylic acids is 1. The first-order chi connectivity index (χ1) is 16.3. The van der Waals surface area contributed by atoms with E-state index in [2.05, 4.69) is 10.5 Å². The van der Waals surface area contributed by atoms with Gasteiger partial charge < -0.3 is 14.6 Å². The van der Waals surface area contributed by atoms with Gasteiger partial charge in [-0.25, -0.2) is 13.8 Å². The molecule has 0 aromatic heterocycles. The highest BCUT2D eigenvalue weighted by atomic mass is 32.2. The average molecular weight is 484 g/mol. The van der Waals surface area contributed by atoms with Crippen LogP contribution in [0.15, 0.2) is 82.8 Å². The number of phenolic OH excluding ortho intramolecular Hbond substituents is 1. The van der Waals surface area contributed by atoms with Crippen molar-refractivity contribution in [2.24, 2.45) is 5.10 Å². The monoisotopic (exact) mass is 483 g/mol. The van der Waals surface area contributed by atoms with Crippen LogP contribution in [0.1, 0.15) is 12.5 Å². The summed E-state index contributed by atoms with van der Waals surface area (Å²) in [6, 6.07) is 18.9. The number of ether oxygens (including phenoxy) is 2. The van der Waals surface area contributed by atoms with Crippen molar-refractivity contribution >= 4 is 27.3 Å². The molecule has 9 nitrogen and oxygen atoms in total. The fourth-order valence-electron chi connectivity index (χ4n) is 3.16. The topological polar surface area (TPSA) is 118 Å². The summed E-state index contributed by atoms with van der Waals surface area (Å²) in [7, 11) is -1.31. The van der Waals surface area contributed by atoms with E-state index in [1.54, 1.807) is 55.5 Å². The molecule has 178 valence electrons. The Morgan fingerprint density at radius 2 is 1.68 bits per heavy atom. The Morgan fingerprint density at radius 1 is 1.00 bits per heavy atom. The molecular formula is C24H25N3O6S. The minimum atomic E-state index is -4.16. The van der Waals surface area contributed by atoms with Crippen molar-refractivity contribution in [2.45, 2.75) is 11.8 Å². The van der Waals surface area contributed by atoms with E-state index < -0.39 is 22.5 Å². The summed E-state index contributed by atoms with van der Waals surface area (Å²) in [5.74, 6) is -0.0635. The summed E-state index contributed by atoms with van der Waals surface area (Å²) in [6.07, 6.45) is 0. The third-order valence-corrected chi connectivity index (χ3v) is 6.69. The van der Waals surface area contributed by atoms with E-state index in [1.165, 1.54) is 38.5 Å². The van der Waals surface area contributed by atoms with E-state index in [0.29, 0.717) is 17.0 Å². The number of para-hydroxylation sites is 1. The van der Waals surface area contributed by atoms with Gasteiger partial charge in [0.25, 0.3) is 15.9 Å². The van der Waals surface area contributed by atoms with Crippen LogP contribution in [0.3, 0.4) is 0 Å². The number of benzene rings is 3. The molecule has 0 aliphatic rings. The number of phenols is 1. The molecule has 2 N–H and O–H groups in total. The molecule has 0 bridgehead atoms. The van der Waals surface area contributed by atoms with Crippen LogP contribution in [0.4, 0.5) is 5.69 Å². The molecule has 3 rings (SSSR count). The van der Waals surface area contributed by atoms with Gasteiger partial charge in [0.15, 0.2) is 0 Å². The molecule has 3 aromatic rings. The second kappa shape index (κ2) is 10.7. The number of amides is 1. The fraction of sp³-hybridized carbons (Fsp3) is 0.167. The van der Waals surface area contributed by atoms with Crippen LogP contribution in [0.25, 0.3) is 0 Å². The van der Waals surface area contributed by atoms with Gasteiger partial charge in [0.2, 0.25) is 0 Å². The first kappa shape index (κ1) is 24.6. The molecule has 0 aliphatic carbocycles. The number of sulfonamides is 1. The number of nitrogens with one attached hydrogen (secondary N) is 1. The van der Waals surface area contributed by atoms with Crippen LogP contribution >= 0.6 is 0 Å². The average Bonchev–Trinajstić information content (AvgIpc) is 2.86. The number of hydrazone groups is 1. The lowest BCUT2D eigenvalue weighted by molar-refractivity contribution is -0.119. The van der Waals surface area contributed by atoms with Gasteiger partial charge >= 0.3 is 0 Å². The third kappa shape index (κ3) is 5.46. The molecule has 0 atom stereocenters. The van der Waals surface area contributed by atoms with Gasteiger partial charge in [0.1, 0.15) is 23.8 Å². The summed E-state index contributed by atoms with van der Waals surface area (Å²) in [6.45, 7) is 1.03. The number of hydrogen-bond donors (Lipinski definition) is 2. The number of anilines is 1. The molecule has 0 spiro atoms. The minimum Gasteiger partial charge on any atom is -0.507 e. The van der Waals surface area contributed by atoms with E-state index in [1.807, 2.05) is 0 Å². The Hall–Kier alpha value is -4.05. The number of hydrogen-bond acceptors (Lipinski definition) is 7. The van der Waals surface area contributed by atoms with Gasteiger partial charge in [-0.3, -0.25) is 9.10 Å². The predicted octanol–water partition coefficient (Wildman–Crippen LogP) is 3.15. The number of rotatable bonds is 9. The highest BCUT2D eigenvalue weighted by molar-refractivity contribution is 7.92. The van der Waals surface area contributed by atoms with E-state index in [0.717, 1.165) is 4.31 Å². The predicted molar refractivity (Wildman–Crippen MR) is 129 cm³/mol. The van der Waals surface area contributed by atoms with Gasteiger partial charge in [-0.05, 0) is 43.3 Å². The molecule has 34 heavy (non-hydrogen) atoms. The normalized spacial score (nSPS) is 11.6. The maximum atomic E-state index is 13.5. The lowest BCUT2D eigenvalue weighted by Crippen LogP contribution is -2.40. The summed E-state index contributed by atoms with van der Waals surface area (Å²) in [5.41, 5.74) is 3.27. The zero-order chi connectivity index (χ0) is 24.7. The van der Waals surface area contributed by atoms with Crippen LogP contribution in [-0.2, 0) is 14.8 Å². The Kier molecular flexibility index (Phi) is 7.75. The van der Waals surface area contributed by atoms with Crippen molar-refractivity contribution in [3.05, 3.63) is 78.4 Å². The lowest BCUT2D eigenvalue weighted by Gasteiger charge is -2.25. The van der Waals surface area contributed by atoms with E-state index in [9.17, 15) is 18.3 Å². The number of nitrogens with zero attached hydrogens (tertiary/aromatic N) is 2. The van der Waals surface area contributed by atoms with Crippen LogP contribution < -0.4 is 19.2 Å². The second-order valence-electron chi connectivity index (χ2n) is 7.11. The van der Waals surface area contributed by atoms with Gasteiger partial charge in [-0.15, -0.1) is 0 Å². The van der Waals surface area contributed by atoms with E-state index >= 15 is 0 Å². The number of aromatic hydroxyl groups is 1. The molecule has 0 saturated carbocycles. The number of carbonyl (C=O) groups is 1. The standard InChI is InChI=1S/C24H25N3O6S/c1-17(20-11-7-8-12-22(20)28)25-26-24(29)16-27(34(30,31)19-9-5-4-6-10-19)21-15-18(32-2)13-14-23(21)33-3/h4-15,28H,16H2,1-3H3,(H,26,29)/b25-17-. The van der Waals surface area contributed by atoms with Gasteiger partial charge in [-0.1, -0.05) is 30.3 Å². The third-order valence-electron chi connectivity index (χ3n) is 4.92. The summed E-state index contributed by atoms with van der Waals surface area (Å²) < 4.78 is 38.6. The quantitative estimate of drug-likeness (QED) is 0.357. The van der Waals surface area contributed by atoms with Crippen LogP contribution in [-0.4, -0.2) is 45.9 Å². The molecule has 0 heterocycles. The zero-order valence-corrected chi connectivity index (χ0v) is 19.7. The van der Waals surface area contributed by atoms with Crippen molar-refractivity contribution < 1.29 is 27.8 Å². The fourth-order valence-corrected chi connectivity index (χ4v) is 4.61. The SMILES string of the molecule is COc1ccc(OC)c(N(CC(=O)N/N=C(/C)c2ccccc2O)S(=O)(=O)c2ccccc2)c1. The van der Waals surface area contributed by atoms with Gasteiger partial charge in [0.05, 0.1) is 30.5 Å². The van der Waals surface area contributed by atoms with Crippen molar-refractivity contribution in [1.29, 1.82) is 0 Å². The van der Waals surface area contributed by atoms with Crippen molar-refractivity contribution in [2.75, 3.05) is 25.1 Å². The Labute approximate surface area is 198 Å². The lowest BCUT2D eigenvalue weighted by atomic mass is 10.1. The molecule has 0 fully saturated rings. The maximum Gasteiger partial charge on any atom is 0.264 e. The van der Waals surface area contributed by atoms with Gasteiger partial charge in [-0.2, -0.15) is 5.10 Å².